The molecule has 0 amide bonds. The molecule has 3 unspecified atom stereocenters. The highest BCUT2D eigenvalue weighted by Gasteiger charge is 2.35. The van der Waals surface area contributed by atoms with Gasteiger partial charge in [-0.25, -0.2) is 4.58 Å². The summed E-state index contributed by atoms with van der Waals surface area (Å²) in [6.45, 7) is 8.97. The molecule has 3 aliphatic carbocycles. The van der Waals surface area contributed by atoms with Gasteiger partial charge in [0.1, 0.15) is 13.1 Å². The van der Waals surface area contributed by atoms with Crippen molar-refractivity contribution in [2.45, 2.75) is 97.6 Å². The minimum Gasteiger partial charge on any atom is -0.872 e. The molecule has 0 N–H and O–H groups in total. The molecule has 0 aromatic rings. The summed E-state index contributed by atoms with van der Waals surface area (Å²) in [7, 11) is 4.29. The van der Waals surface area contributed by atoms with Crippen molar-refractivity contribution in [3.8, 4) is 0 Å². The molecule has 3 aliphatic rings. The molecule has 0 spiro atoms. The fourth-order valence-corrected chi connectivity index (χ4v) is 5.24. The van der Waals surface area contributed by atoms with Crippen LogP contribution in [-0.4, -0.2) is 47.1 Å². The quantitative estimate of drug-likeness (QED) is 0.318. The van der Waals surface area contributed by atoms with Crippen LogP contribution in [0.5, 0.6) is 0 Å². The zero-order valence-electron chi connectivity index (χ0n) is 22.2. The lowest BCUT2D eigenvalue weighted by atomic mass is 9.73. The molecular formula is C30H44N2O2. The standard InChI is InChI=1S/C30H44N2O2/c1-7-9-11-21(3)31(5)25-17-13-23(14-18-25)27-29(33)28(30(27)34)24-15-19-26(20-16-24)32(6)22(4)12-10-8-2/h13-14,17-19,21-22,24H,7-12,15-16,20H2,1-6H3. The van der Waals surface area contributed by atoms with E-state index in [1.165, 1.54) is 37.8 Å². The number of Topliss-reactive ketones (excluding diaryl/α,β-unsaturated/α-hetero) is 1. The predicted molar refractivity (Wildman–Crippen MR) is 140 cm³/mol. The lowest BCUT2D eigenvalue weighted by molar-refractivity contribution is -0.533. The number of nitrogens with zero attached hydrogens (tertiary/aromatic N) is 2. The van der Waals surface area contributed by atoms with Gasteiger partial charge in [0.2, 0.25) is 0 Å². The summed E-state index contributed by atoms with van der Waals surface area (Å²) in [5.74, 6) is -0.000423. The molecular weight excluding hydrogens is 420 g/mol. The molecule has 186 valence electrons. The van der Waals surface area contributed by atoms with Gasteiger partial charge in [-0.1, -0.05) is 44.9 Å². The first-order chi connectivity index (χ1) is 16.3. The summed E-state index contributed by atoms with van der Waals surface area (Å²) in [4.78, 5) is 15.4. The Morgan fingerprint density at radius 2 is 1.74 bits per heavy atom. The molecule has 0 aliphatic heterocycles. The first-order valence-corrected chi connectivity index (χ1v) is 13.4. The molecule has 0 saturated heterocycles. The average molecular weight is 465 g/mol. The van der Waals surface area contributed by atoms with E-state index >= 15 is 0 Å². The van der Waals surface area contributed by atoms with Gasteiger partial charge in [-0.15, -0.1) is 0 Å². The Kier molecular flexibility index (Phi) is 9.16. The summed E-state index contributed by atoms with van der Waals surface area (Å²) >= 11 is 0. The third-order valence-corrected chi connectivity index (χ3v) is 8.03. The van der Waals surface area contributed by atoms with Crippen LogP contribution >= 0.6 is 0 Å². The Morgan fingerprint density at radius 1 is 1.09 bits per heavy atom. The molecule has 0 radical (unpaired) electrons. The van der Waals surface area contributed by atoms with Gasteiger partial charge in [-0.05, 0) is 75.2 Å². The molecule has 0 fully saturated rings. The smallest absolute Gasteiger partial charge is 0.199 e. The zero-order valence-corrected chi connectivity index (χ0v) is 22.2. The number of carbonyl (C=O) groups excluding carboxylic acids is 1. The fraction of sp³-hybridized carbons (Fsp3) is 0.600. The lowest BCUT2D eigenvalue weighted by Crippen LogP contribution is -2.36. The predicted octanol–water partition coefficient (Wildman–Crippen LogP) is 5.46. The molecule has 0 heterocycles. The van der Waals surface area contributed by atoms with Gasteiger partial charge in [-0.3, -0.25) is 4.79 Å². The summed E-state index contributed by atoms with van der Waals surface area (Å²) < 4.78 is 2.28. The van der Waals surface area contributed by atoms with E-state index in [1.54, 1.807) is 0 Å². The number of carbonyl (C=O) groups is 1. The minimum atomic E-state index is -0.0334. The molecule has 0 aromatic heterocycles. The first-order valence-electron chi connectivity index (χ1n) is 13.4. The van der Waals surface area contributed by atoms with Crippen LogP contribution in [0.3, 0.4) is 0 Å². The molecule has 0 bridgehead atoms. The van der Waals surface area contributed by atoms with Gasteiger partial charge in [0.05, 0.1) is 0 Å². The van der Waals surface area contributed by atoms with E-state index in [0.717, 1.165) is 37.0 Å². The van der Waals surface area contributed by atoms with E-state index in [2.05, 4.69) is 57.3 Å². The second-order valence-electron chi connectivity index (χ2n) is 10.4. The van der Waals surface area contributed by atoms with E-state index in [4.69, 9.17) is 0 Å². The third-order valence-electron chi connectivity index (χ3n) is 8.03. The Hall–Kier alpha value is -2.36. The van der Waals surface area contributed by atoms with Crippen LogP contribution in [0.4, 0.5) is 0 Å². The van der Waals surface area contributed by atoms with E-state index < -0.39 is 0 Å². The summed E-state index contributed by atoms with van der Waals surface area (Å²) in [5.41, 5.74) is 4.15. The van der Waals surface area contributed by atoms with E-state index in [9.17, 15) is 9.90 Å². The topological polar surface area (TPSA) is 46.4 Å². The fourth-order valence-electron chi connectivity index (χ4n) is 5.24. The van der Waals surface area contributed by atoms with Gasteiger partial charge in [0.15, 0.2) is 11.5 Å². The van der Waals surface area contributed by atoms with Crippen LogP contribution in [0.1, 0.15) is 85.5 Å². The highest BCUT2D eigenvalue weighted by molar-refractivity contribution is 6.20. The van der Waals surface area contributed by atoms with Crippen LogP contribution in [0.2, 0.25) is 0 Å². The summed E-state index contributed by atoms with van der Waals surface area (Å²) in [5, 5.41) is 13.0. The molecule has 3 rings (SSSR count). The van der Waals surface area contributed by atoms with E-state index in [0.29, 0.717) is 23.2 Å². The van der Waals surface area contributed by atoms with Crippen molar-refractivity contribution in [2.24, 2.45) is 5.92 Å². The maximum atomic E-state index is 13.0. The van der Waals surface area contributed by atoms with Crippen molar-refractivity contribution >= 4 is 11.5 Å². The van der Waals surface area contributed by atoms with E-state index in [1.807, 2.05) is 24.3 Å². The van der Waals surface area contributed by atoms with Crippen LogP contribution in [-0.2, 0) is 4.79 Å². The van der Waals surface area contributed by atoms with Crippen molar-refractivity contribution in [2.75, 3.05) is 14.1 Å². The Bertz CT molecular complexity index is 942. The van der Waals surface area contributed by atoms with Crippen molar-refractivity contribution in [3.05, 3.63) is 58.6 Å². The summed E-state index contributed by atoms with van der Waals surface area (Å²) in [6, 6.07) is 0.988. The molecule has 34 heavy (non-hydrogen) atoms. The Morgan fingerprint density at radius 3 is 2.29 bits per heavy atom. The largest absolute Gasteiger partial charge is 0.872 e. The number of ketones is 1. The van der Waals surface area contributed by atoms with Crippen molar-refractivity contribution in [1.82, 2.24) is 4.90 Å². The number of unbranched alkanes of at least 4 members (excludes halogenated alkanes) is 2. The molecule has 3 atom stereocenters. The Balaban J connectivity index is 1.68. The molecule has 4 heteroatoms. The normalized spacial score (nSPS) is 22.1. The number of hydrogen-bond acceptors (Lipinski definition) is 3. The van der Waals surface area contributed by atoms with Crippen LogP contribution < -0.4 is 5.11 Å². The van der Waals surface area contributed by atoms with Gasteiger partial charge < -0.3 is 10.0 Å². The first kappa shape index (κ1) is 26.2. The van der Waals surface area contributed by atoms with Crippen molar-refractivity contribution in [1.29, 1.82) is 0 Å². The van der Waals surface area contributed by atoms with Gasteiger partial charge in [-0.2, -0.15) is 0 Å². The van der Waals surface area contributed by atoms with Crippen LogP contribution in [0.15, 0.2) is 58.6 Å². The summed E-state index contributed by atoms with van der Waals surface area (Å²) in [6.07, 6.45) is 20.1. The molecule has 4 nitrogen and oxygen atoms in total. The zero-order chi connectivity index (χ0) is 24.8. The lowest BCUT2D eigenvalue weighted by Gasteiger charge is -2.39. The Labute approximate surface area is 207 Å². The van der Waals surface area contributed by atoms with Gasteiger partial charge >= 0.3 is 0 Å². The maximum Gasteiger partial charge on any atom is 0.199 e. The molecule has 0 aromatic carbocycles. The van der Waals surface area contributed by atoms with Gasteiger partial charge in [0, 0.05) is 42.9 Å². The highest BCUT2D eigenvalue weighted by atomic mass is 16.3. The van der Waals surface area contributed by atoms with E-state index in [-0.39, 0.29) is 17.5 Å². The maximum absolute atomic E-state index is 13.0. The second-order valence-corrected chi connectivity index (χ2v) is 10.4. The average Bonchev–Trinajstić information content (AvgIpc) is 2.86. The highest BCUT2D eigenvalue weighted by Crippen LogP contribution is 2.41. The monoisotopic (exact) mass is 464 g/mol. The molecule has 0 saturated carbocycles. The second kappa shape index (κ2) is 11.9. The van der Waals surface area contributed by atoms with Crippen molar-refractivity contribution < 1.29 is 14.5 Å². The van der Waals surface area contributed by atoms with Crippen LogP contribution in [0, 0.1) is 5.92 Å². The van der Waals surface area contributed by atoms with Crippen molar-refractivity contribution in [3.63, 3.8) is 0 Å². The minimum absolute atomic E-state index is 0.0334. The third kappa shape index (κ3) is 5.64. The van der Waals surface area contributed by atoms with Gasteiger partial charge in [0.25, 0.3) is 0 Å². The number of allylic oxidation sites excluding steroid dienone is 9. The number of hydrogen-bond donors (Lipinski definition) is 0. The van der Waals surface area contributed by atoms with Crippen LogP contribution in [0.25, 0.3) is 0 Å². The number of rotatable bonds is 10. The SMILES string of the molecule is CCCCC(C)N(C)C1=CCC(C2=C([O-])C(=C3C=CC(=[N+](C)C(C)CCCC)C=C3)C2=O)CC1.